The van der Waals surface area contributed by atoms with Crippen LogP contribution < -0.4 is 9.74 Å². The maximum atomic E-state index is 13.3. The van der Waals surface area contributed by atoms with Gasteiger partial charge in [0, 0.05) is 0 Å². The zero-order valence-electron chi connectivity index (χ0n) is 21.0. The van der Waals surface area contributed by atoms with E-state index in [0.717, 1.165) is 5.56 Å². The fraction of sp³-hybridized carbons (Fsp3) is 0.423. The van der Waals surface area contributed by atoms with Gasteiger partial charge in [-0.1, -0.05) is 71.0 Å². The number of nitrogens with one attached hydrogen (secondary N) is 1. The second-order valence-corrected chi connectivity index (χ2v) is 15.0. The highest BCUT2D eigenvalue weighted by atomic mass is 28.4. The molecule has 1 aromatic heterocycles. The van der Waals surface area contributed by atoms with Crippen LogP contribution in [-0.4, -0.2) is 31.2 Å². The lowest BCUT2D eigenvalue weighted by Gasteiger charge is -2.36. The largest absolute Gasteiger partial charge is 0.542 e. The van der Waals surface area contributed by atoms with Crippen LogP contribution in [0.15, 0.2) is 52.9 Å². The number of hydrogen-bond acceptors (Lipinski definition) is 6. The highest BCUT2D eigenvalue weighted by molar-refractivity contribution is 6.74. The van der Waals surface area contributed by atoms with Gasteiger partial charge in [-0.2, -0.15) is 0 Å². The second kappa shape index (κ2) is 10.0. The summed E-state index contributed by atoms with van der Waals surface area (Å²) in [5.41, 5.74) is 1.83. The van der Waals surface area contributed by atoms with Gasteiger partial charge in [-0.25, -0.2) is 9.78 Å². The predicted molar refractivity (Wildman–Crippen MR) is 135 cm³/mol. The number of alkyl carbamates (subject to hydrolysis) is 1. The number of ether oxygens (including phenoxy) is 1. The first kappa shape index (κ1) is 25.5. The van der Waals surface area contributed by atoms with Crippen LogP contribution in [0.2, 0.25) is 18.1 Å². The Bertz CT molecular complexity index is 1150. The summed E-state index contributed by atoms with van der Waals surface area (Å²) in [6, 6.07) is 13.9. The zero-order chi connectivity index (χ0) is 25.1. The van der Waals surface area contributed by atoms with E-state index in [2.05, 4.69) is 44.2 Å². The fourth-order valence-electron chi connectivity index (χ4n) is 3.10. The number of amides is 1. The van der Waals surface area contributed by atoms with Crippen molar-refractivity contribution in [1.29, 1.82) is 0 Å². The molecule has 0 saturated heterocycles. The fourth-order valence-corrected chi connectivity index (χ4v) is 4.12. The van der Waals surface area contributed by atoms with Gasteiger partial charge in [0.1, 0.15) is 18.4 Å². The van der Waals surface area contributed by atoms with Crippen LogP contribution in [0.25, 0.3) is 11.1 Å². The lowest BCUT2D eigenvalue weighted by Crippen LogP contribution is -2.44. The molecule has 0 bridgehead atoms. The van der Waals surface area contributed by atoms with Gasteiger partial charge in [-0.15, -0.1) is 0 Å². The third-order valence-corrected chi connectivity index (χ3v) is 10.5. The normalized spacial score (nSPS) is 13.1. The van der Waals surface area contributed by atoms with E-state index >= 15 is 0 Å². The summed E-state index contributed by atoms with van der Waals surface area (Å²) in [5, 5.41) is 2.67. The molecule has 0 fully saturated rings. The molecule has 0 aliphatic carbocycles. The monoisotopic (exact) mass is 482 g/mol. The third-order valence-electron chi connectivity index (χ3n) is 6.20. The molecule has 0 aliphatic rings. The van der Waals surface area contributed by atoms with Crippen molar-refractivity contribution in [3.63, 3.8) is 0 Å². The molecule has 0 spiro atoms. The molecule has 1 heterocycles. The molecule has 34 heavy (non-hydrogen) atoms. The molecule has 2 aromatic carbocycles. The minimum absolute atomic E-state index is 0.00429. The van der Waals surface area contributed by atoms with Crippen molar-refractivity contribution in [3.8, 4) is 5.75 Å². The number of carbonyl (C=O) groups excluding carboxylic acids is 2. The van der Waals surface area contributed by atoms with Gasteiger partial charge in [0.15, 0.2) is 11.1 Å². The van der Waals surface area contributed by atoms with E-state index in [0.29, 0.717) is 16.8 Å². The molecule has 1 amide bonds. The Morgan fingerprint density at radius 1 is 1.06 bits per heavy atom. The molecule has 0 aliphatic heterocycles. The Kier molecular flexibility index (Phi) is 7.50. The summed E-state index contributed by atoms with van der Waals surface area (Å²) in [7, 11) is -2.12. The molecule has 0 radical (unpaired) electrons. The molecular formula is C26H34N2O5Si. The first-order valence-corrected chi connectivity index (χ1v) is 14.4. The maximum absolute atomic E-state index is 13.3. The number of rotatable bonds is 8. The van der Waals surface area contributed by atoms with Crippen LogP contribution in [0.1, 0.15) is 50.9 Å². The Balaban J connectivity index is 1.79. The minimum atomic E-state index is -2.12. The Morgan fingerprint density at radius 2 is 1.74 bits per heavy atom. The molecule has 3 rings (SSSR count). The quantitative estimate of drug-likeness (QED) is 0.297. The molecule has 1 atom stereocenters. The van der Waals surface area contributed by atoms with E-state index < -0.39 is 26.2 Å². The first-order valence-electron chi connectivity index (χ1n) is 11.5. The third kappa shape index (κ3) is 5.86. The number of nitrogens with zero attached hydrogens (tertiary/aromatic N) is 1. The molecule has 0 saturated carbocycles. The van der Waals surface area contributed by atoms with Gasteiger partial charge in [0.2, 0.25) is 5.78 Å². The number of benzene rings is 2. The number of oxazole rings is 1. The minimum Gasteiger partial charge on any atom is -0.542 e. The van der Waals surface area contributed by atoms with Gasteiger partial charge < -0.3 is 18.9 Å². The van der Waals surface area contributed by atoms with E-state index in [9.17, 15) is 9.59 Å². The summed E-state index contributed by atoms with van der Waals surface area (Å²) >= 11 is 0. The van der Waals surface area contributed by atoms with Crippen LogP contribution in [-0.2, 0) is 11.3 Å². The van der Waals surface area contributed by atoms with E-state index in [1.54, 1.807) is 6.07 Å². The van der Waals surface area contributed by atoms with Gasteiger partial charge in [0.25, 0.3) is 14.2 Å². The Hall–Kier alpha value is -3.13. The number of Topliss-reactive ketones (excluding diaryl/α,β-unsaturated/α-hetero) is 1. The summed E-state index contributed by atoms with van der Waals surface area (Å²) in [6.07, 6.45) is -0.672. The van der Waals surface area contributed by atoms with E-state index in [-0.39, 0.29) is 23.5 Å². The van der Waals surface area contributed by atoms with Crippen molar-refractivity contribution >= 4 is 31.3 Å². The second-order valence-electron chi connectivity index (χ2n) is 10.3. The average molecular weight is 483 g/mol. The Labute approximate surface area is 202 Å². The van der Waals surface area contributed by atoms with Crippen molar-refractivity contribution in [3.05, 3.63) is 60.0 Å². The summed E-state index contributed by atoms with van der Waals surface area (Å²) < 4.78 is 17.5. The summed E-state index contributed by atoms with van der Waals surface area (Å²) in [6.45, 7) is 14.6. The van der Waals surface area contributed by atoms with Gasteiger partial charge in [-0.05, 0) is 41.7 Å². The van der Waals surface area contributed by atoms with Crippen molar-refractivity contribution in [1.82, 2.24) is 10.3 Å². The topological polar surface area (TPSA) is 90.7 Å². The number of hydrogen-bond donors (Lipinski definition) is 1. The molecule has 8 heteroatoms. The zero-order valence-corrected chi connectivity index (χ0v) is 22.0. The van der Waals surface area contributed by atoms with Crippen LogP contribution in [0.3, 0.4) is 0 Å². The van der Waals surface area contributed by atoms with Crippen LogP contribution in [0, 0.1) is 5.92 Å². The SMILES string of the molecule is CC(C)[C@H](NC(=O)OCc1ccccc1)C(=O)c1nc2c(O[Si](C)(C)C(C)(C)C)cccc2o1. The summed E-state index contributed by atoms with van der Waals surface area (Å²) in [4.78, 5) is 30.1. The number of para-hydroxylation sites is 1. The number of carbonyl (C=O) groups is 2. The lowest BCUT2D eigenvalue weighted by atomic mass is 10.00. The van der Waals surface area contributed by atoms with Crippen molar-refractivity contribution in [2.24, 2.45) is 5.92 Å². The first-order chi connectivity index (χ1) is 15.9. The molecular weight excluding hydrogens is 448 g/mol. The van der Waals surface area contributed by atoms with Crippen molar-refractivity contribution < 1.29 is 23.2 Å². The molecule has 7 nitrogen and oxygen atoms in total. The molecule has 3 aromatic rings. The number of aromatic nitrogens is 1. The van der Waals surface area contributed by atoms with E-state index in [4.69, 9.17) is 13.6 Å². The maximum Gasteiger partial charge on any atom is 0.408 e. The van der Waals surface area contributed by atoms with Gasteiger partial charge >= 0.3 is 6.09 Å². The van der Waals surface area contributed by atoms with Crippen LogP contribution in [0.5, 0.6) is 5.75 Å². The molecule has 0 unspecified atom stereocenters. The highest BCUT2D eigenvalue weighted by Crippen LogP contribution is 2.39. The highest BCUT2D eigenvalue weighted by Gasteiger charge is 2.39. The van der Waals surface area contributed by atoms with Crippen LogP contribution >= 0.6 is 0 Å². The van der Waals surface area contributed by atoms with Crippen molar-refractivity contribution in [2.75, 3.05) is 0 Å². The number of ketones is 1. The van der Waals surface area contributed by atoms with Crippen LogP contribution in [0.4, 0.5) is 4.79 Å². The standard InChI is InChI=1S/C26H34N2O5Si/c1-17(2)21(28-25(30)31-16-18-12-9-8-10-13-18)23(29)24-27-22-19(32-24)14-11-15-20(22)33-34(6,7)26(3,4)5/h8-15,17,21H,16H2,1-7H3,(H,28,30)/t21-/m0/s1. The van der Waals surface area contributed by atoms with E-state index in [1.165, 1.54) is 0 Å². The van der Waals surface area contributed by atoms with Gasteiger partial charge in [-0.3, -0.25) is 4.79 Å². The average Bonchev–Trinajstić information content (AvgIpc) is 3.21. The Morgan fingerprint density at radius 3 is 2.35 bits per heavy atom. The predicted octanol–water partition coefficient (Wildman–Crippen LogP) is 6.35. The van der Waals surface area contributed by atoms with Crippen molar-refractivity contribution in [2.45, 2.75) is 65.4 Å². The number of fused-ring (bicyclic) bond motifs is 1. The molecule has 182 valence electrons. The smallest absolute Gasteiger partial charge is 0.408 e. The van der Waals surface area contributed by atoms with Gasteiger partial charge in [0.05, 0.1) is 0 Å². The molecule has 1 N–H and O–H groups in total. The lowest BCUT2D eigenvalue weighted by molar-refractivity contribution is 0.0855. The summed E-state index contributed by atoms with van der Waals surface area (Å²) in [5.74, 6) is -0.0811. The van der Waals surface area contributed by atoms with E-state index in [1.807, 2.05) is 56.3 Å².